The molecule has 0 aromatic heterocycles. The monoisotopic (exact) mass is 184 g/mol. The van der Waals surface area contributed by atoms with Gasteiger partial charge in [0.1, 0.15) is 0 Å². The number of allylic oxidation sites excluding steroid dienone is 2. The average Bonchev–Trinajstić information content (AvgIpc) is 2.00. The van der Waals surface area contributed by atoms with Crippen LogP contribution in [0, 0.1) is 5.41 Å². The maximum Gasteiger partial charge on any atom is 0.306 e. The van der Waals surface area contributed by atoms with Crippen LogP contribution >= 0.6 is 0 Å². The predicted octanol–water partition coefficient (Wildman–Crippen LogP) is 2.93. The van der Waals surface area contributed by atoms with Crippen LogP contribution in [0.5, 0.6) is 0 Å². The second-order valence-electron chi connectivity index (χ2n) is 3.78. The Labute approximate surface area is 81.0 Å². The summed E-state index contributed by atoms with van der Waals surface area (Å²) in [6.07, 6.45) is 5.62. The van der Waals surface area contributed by atoms with E-state index in [0.717, 1.165) is 6.42 Å². The Bertz CT molecular complexity index is 181. The predicted molar refractivity (Wildman–Crippen MR) is 54.5 cm³/mol. The minimum absolute atomic E-state index is 0.0811. The molecule has 0 spiro atoms. The molecule has 2 nitrogen and oxygen atoms in total. The molecule has 76 valence electrons. The second-order valence-corrected chi connectivity index (χ2v) is 3.78. The van der Waals surface area contributed by atoms with Gasteiger partial charge in [0.2, 0.25) is 0 Å². The van der Waals surface area contributed by atoms with Crippen LogP contribution in [0.15, 0.2) is 12.2 Å². The van der Waals surface area contributed by atoms with Gasteiger partial charge >= 0.3 is 5.97 Å². The molecule has 0 heterocycles. The first kappa shape index (κ1) is 12.2. The average molecular weight is 184 g/mol. The first-order valence-corrected chi connectivity index (χ1v) is 4.85. The van der Waals surface area contributed by atoms with Crippen molar-refractivity contribution in [1.29, 1.82) is 0 Å². The number of carbonyl (C=O) groups is 1. The van der Waals surface area contributed by atoms with E-state index >= 15 is 0 Å². The third kappa shape index (κ3) is 6.38. The van der Waals surface area contributed by atoms with Crippen molar-refractivity contribution in [2.45, 2.75) is 40.5 Å². The zero-order chi connectivity index (χ0) is 10.3. The first-order chi connectivity index (χ1) is 6.02. The molecule has 2 heteroatoms. The van der Waals surface area contributed by atoms with Crippen molar-refractivity contribution in [3.8, 4) is 0 Å². The van der Waals surface area contributed by atoms with Crippen LogP contribution < -0.4 is 0 Å². The van der Waals surface area contributed by atoms with Gasteiger partial charge in [0, 0.05) is 0 Å². The molecule has 0 bridgehead atoms. The van der Waals surface area contributed by atoms with Gasteiger partial charge in [-0.1, -0.05) is 32.9 Å². The Morgan fingerprint density at radius 3 is 2.46 bits per heavy atom. The maximum atomic E-state index is 11.2. The van der Waals surface area contributed by atoms with E-state index in [-0.39, 0.29) is 11.4 Å². The lowest BCUT2D eigenvalue weighted by Gasteiger charge is -2.18. The van der Waals surface area contributed by atoms with Gasteiger partial charge in [0.25, 0.3) is 0 Å². The second kappa shape index (κ2) is 5.79. The van der Waals surface area contributed by atoms with Gasteiger partial charge in [-0.15, -0.1) is 0 Å². The minimum Gasteiger partial charge on any atom is -0.466 e. The van der Waals surface area contributed by atoms with Gasteiger partial charge in [0.15, 0.2) is 0 Å². The summed E-state index contributed by atoms with van der Waals surface area (Å²) in [6, 6.07) is 0. The molecular weight excluding hydrogens is 164 g/mol. The van der Waals surface area contributed by atoms with E-state index in [1.807, 2.05) is 20.8 Å². The van der Waals surface area contributed by atoms with Crippen molar-refractivity contribution < 1.29 is 9.53 Å². The third-order valence-corrected chi connectivity index (χ3v) is 1.71. The molecule has 0 atom stereocenters. The number of ether oxygens (including phenoxy) is 1. The molecule has 0 aromatic rings. The number of esters is 1. The quantitative estimate of drug-likeness (QED) is 0.485. The number of hydrogen-bond acceptors (Lipinski definition) is 2. The molecule has 0 fully saturated rings. The molecule has 0 N–H and O–H groups in total. The summed E-state index contributed by atoms with van der Waals surface area (Å²) in [5.74, 6) is -0.117. The van der Waals surface area contributed by atoms with Crippen LogP contribution in [0.1, 0.15) is 40.5 Å². The largest absolute Gasteiger partial charge is 0.466 e. The lowest BCUT2D eigenvalue weighted by Crippen LogP contribution is -2.16. The lowest BCUT2D eigenvalue weighted by atomic mass is 9.89. The molecular formula is C11H20O2. The van der Waals surface area contributed by atoms with Crippen LogP contribution in [-0.2, 0) is 9.53 Å². The maximum absolute atomic E-state index is 11.2. The zero-order valence-corrected chi connectivity index (χ0v) is 9.09. The van der Waals surface area contributed by atoms with Crippen LogP contribution in [0.2, 0.25) is 0 Å². The molecule has 0 amide bonds. The smallest absolute Gasteiger partial charge is 0.306 e. The van der Waals surface area contributed by atoms with Gasteiger partial charge in [-0.2, -0.15) is 0 Å². The van der Waals surface area contributed by atoms with Crippen molar-refractivity contribution >= 4 is 5.97 Å². The number of carbonyl (C=O) groups excluding carboxylic acids is 1. The Morgan fingerprint density at radius 1 is 1.38 bits per heavy atom. The standard InChI is InChI=1S/C11H20O2/c1-5-7-8-11(3,4)9-10(12)13-6-2/h7-8H,5-6,9H2,1-4H3/b8-7+. The van der Waals surface area contributed by atoms with Crippen molar-refractivity contribution in [3.63, 3.8) is 0 Å². The Morgan fingerprint density at radius 2 is 2.00 bits per heavy atom. The highest BCUT2D eigenvalue weighted by molar-refractivity contribution is 5.70. The summed E-state index contributed by atoms with van der Waals surface area (Å²) in [4.78, 5) is 11.2. The highest BCUT2D eigenvalue weighted by atomic mass is 16.5. The topological polar surface area (TPSA) is 26.3 Å². The van der Waals surface area contributed by atoms with Crippen LogP contribution in [0.3, 0.4) is 0 Å². The van der Waals surface area contributed by atoms with Crippen LogP contribution in [0.4, 0.5) is 0 Å². The molecule has 0 rings (SSSR count). The zero-order valence-electron chi connectivity index (χ0n) is 9.09. The van der Waals surface area contributed by atoms with E-state index in [1.165, 1.54) is 0 Å². The normalized spacial score (nSPS) is 12.0. The fourth-order valence-corrected chi connectivity index (χ4v) is 1.08. The fourth-order valence-electron chi connectivity index (χ4n) is 1.08. The first-order valence-electron chi connectivity index (χ1n) is 4.85. The van der Waals surface area contributed by atoms with Crippen molar-refractivity contribution in [1.82, 2.24) is 0 Å². The van der Waals surface area contributed by atoms with E-state index < -0.39 is 0 Å². The van der Waals surface area contributed by atoms with E-state index in [2.05, 4.69) is 19.1 Å². The number of hydrogen-bond donors (Lipinski definition) is 0. The van der Waals surface area contributed by atoms with E-state index in [1.54, 1.807) is 0 Å². The molecule has 0 aliphatic heterocycles. The van der Waals surface area contributed by atoms with Crippen LogP contribution in [-0.4, -0.2) is 12.6 Å². The summed E-state index contributed by atoms with van der Waals surface area (Å²) < 4.78 is 4.88. The summed E-state index contributed by atoms with van der Waals surface area (Å²) in [5, 5.41) is 0. The van der Waals surface area contributed by atoms with Gasteiger partial charge in [-0.05, 0) is 18.8 Å². The SMILES string of the molecule is CC/C=C/C(C)(C)CC(=O)OCC. The molecule has 0 saturated heterocycles. The van der Waals surface area contributed by atoms with Crippen molar-refractivity contribution in [2.75, 3.05) is 6.61 Å². The van der Waals surface area contributed by atoms with Crippen molar-refractivity contribution in [2.24, 2.45) is 5.41 Å². The fraction of sp³-hybridized carbons (Fsp3) is 0.727. The summed E-state index contributed by atoms with van der Waals surface area (Å²) >= 11 is 0. The van der Waals surface area contributed by atoms with E-state index in [9.17, 15) is 4.79 Å². The van der Waals surface area contributed by atoms with Gasteiger partial charge < -0.3 is 4.74 Å². The molecule has 0 aromatic carbocycles. The molecule has 0 aliphatic carbocycles. The van der Waals surface area contributed by atoms with Gasteiger partial charge in [-0.3, -0.25) is 4.79 Å². The van der Waals surface area contributed by atoms with Crippen LogP contribution in [0.25, 0.3) is 0 Å². The number of rotatable bonds is 5. The molecule has 13 heavy (non-hydrogen) atoms. The third-order valence-electron chi connectivity index (χ3n) is 1.71. The Balaban J connectivity index is 4.00. The molecule has 0 radical (unpaired) electrons. The highest BCUT2D eigenvalue weighted by Crippen LogP contribution is 2.22. The summed E-state index contributed by atoms with van der Waals surface area (Å²) in [6.45, 7) is 8.45. The Kier molecular flexibility index (Phi) is 5.44. The highest BCUT2D eigenvalue weighted by Gasteiger charge is 2.19. The molecule has 0 saturated carbocycles. The van der Waals surface area contributed by atoms with Gasteiger partial charge in [-0.25, -0.2) is 0 Å². The molecule has 0 aliphatic rings. The van der Waals surface area contributed by atoms with E-state index in [4.69, 9.17) is 4.74 Å². The molecule has 0 unspecified atom stereocenters. The van der Waals surface area contributed by atoms with Gasteiger partial charge in [0.05, 0.1) is 13.0 Å². The van der Waals surface area contributed by atoms with Crippen molar-refractivity contribution in [3.05, 3.63) is 12.2 Å². The summed E-state index contributed by atoms with van der Waals surface area (Å²) in [5.41, 5.74) is -0.0811. The minimum atomic E-state index is -0.117. The summed E-state index contributed by atoms with van der Waals surface area (Å²) in [7, 11) is 0. The lowest BCUT2D eigenvalue weighted by molar-refractivity contribution is -0.144. The van der Waals surface area contributed by atoms with E-state index in [0.29, 0.717) is 13.0 Å². The Hall–Kier alpha value is -0.790.